The van der Waals surface area contributed by atoms with Crippen molar-refractivity contribution < 1.29 is 4.79 Å². The lowest BCUT2D eigenvalue weighted by molar-refractivity contribution is -0.132. The van der Waals surface area contributed by atoms with Gasteiger partial charge in [-0.2, -0.15) is 11.8 Å². The second kappa shape index (κ2) is 5.50. The Morgan fingerprint density at radius 1 is 1.69 bits per heavy atom. The van der Waals surface area contributed by atoms with E-state index in [1.807, 2.05) is 23.7 Å². The third-order valence-electron chi connectivity index (χ3n) is 2.37. The topological polar surface area (TPSA) is 32.3 Å². The second-order valence-corrected chi connectivity index (χ2v) is 4.44. The van der Waals surface area contributed by atoms with Gasteiger partial charge >= 0.3 is 0 Å². The van der Waals surface area contributed by atoms with Crippen LogP contribution in [0.25, 0.3) is 0 Å². The molecule has 1 rings (SSSR count). The number of likely N-dealkylation sites (N-methyl/N-ethyl adjacent to an activating group) is 1. The van der Waals surface area contributed by atoms with Gasteiger partial charge in [0.05, 0.1) is 0 Å². The van der Waals surface area contributed by atoms with Gasteiger partial charge in [-0.25, -0.2) is 0 Å². The monoisotopic (exact) mass is 202 g/mol. The quantitative estimate of drug-likeness (QED) is 0.676. The minimum Gasteiger partial charge on any atom is -0.344 e. The van der Waals surface area contributed by atoms with Crippen LogP contribution < -0.4 is 5.32 Å². The van der Waals surface area contributed by atoms with Crippen LogP contribution in [-0.2, 0) is 4.79 Å². The van der Waals surface area contributed by atoms with E-state index in [0.717, 1.165) is 25.3 Å². The maximum Gasteiger partial charge on any atom is 0.222 e. The predicted octanol–water partition coefficient (Wildman–Crippen LogP) is 0.560. The fraction of sp³-hybridized carbons (Fsp3) is 0.889. The smallest absolute Gasteiger partial charge is 0.222 e. The summed E-state index contributed by atoms with van der Waals surface area (Å²) in [5.74, 6) is 1.43. The van der Waals surface area contributed by atoms with Crippen molar-refractivity contribution in [3.05, 3.63) is 0 Å². The standard InChI is InChI=1S/C9H18N2OS/c1-11-7-8(3-4-9(11)12)10-5-6-13-2/h8,10H,3-7H2,1-2H3. The van der Waals surface area contributed by atoms with Gasteiger partial charge in [-0.1, -0.05) is 0 Å². The SMILES string of the molecule is CSCCNC1CCC(=O)N(C)C1. The molecule has 0 bridgehead atoms. The van der Waals surface area contributed by atoms with Crippen LogP contribution in [0, 0.1) is 0 Å². The Bertz CT molecular complexity index is 175. The minimum absolute atomic E-state index is 0.280. The van der Waals surface area contributed by atoms with Crippen molar-refractivity contribution in [2.45, 2.75) is 18.9 Å². The van der Waals surface area contributed by atoms with E-state index in [2.05, 4.69) is 11.6 Å². The highest BCUT2D eigenvalue weighted by atomic mass is 32.2. The van der Waals surface area contributed by atoms with E-state index >= 15 is 0 Å². The average molecular weight is 202 g/mol. The number of piperidine rings is 1. The Morgan fingerprint density at radius 3 is 3.08 bits per heavy atom. The van der Waals surface area contributed by atoms with E-state index in [-0.39, 0.29) is 5.91 Å². The molecule has 4 heteroatoms. The zero-order valence-electron chi connectivity index (χ0n) is 8.38. The van der Waals surface area contributed by atoms with Crippen molar-refractivity contribution in [1.82, 2.24) is 10.2 Å². The fourth-order valence-electron chi connectivity index (χ4n) is 1.54. The maximum atomic E-state index is 11.2. The molecular formula is C9H18N2OS. The van der Waals surface area contributed by atoms with Gasteiger partial charge in [-0.3, -0.25) is 4.79 Å². The van der Waals surface area contributed by atoms with E-state index in [4.69, 9.17) is 0 Å². The summed E-state index contributed by atoms with van der Waals surface area (Å²) in [6.07, 6.45) is 3.81. The van der Waals surface area contributed by atoms with Crippen LogP contribution in [-0.4, -0.2) is 49.0 Å². The van der Waals surface area contributed by atoms with Crippen LogP contribution in [0.2, 0.25) is 0 Å². The molecule has 0 aromatic heterocycles. The summed E-state index contributed by atoms with van der Waals surface area (Å²) in [6.45, 7) is 1.92. The molecule has 1 aliphatic heterocycles. The fourth-order valence-corrected chi connectivity index (χ4v) is 1.87. The van der Waals surface area contributed by atoms with E-state index in [0.29, 0.717) is 12.5 Å². The first-order valence-electron chi connectivity index (χ1n) is 4.70. The van der Waals surface area contributed by atoms with Crippen LogP contribution in [0.1, 0.15) is 12.8 Å². The van der Waals surface area contributed by atoms with Crippen molar-refractivity contribution in [1.29, 1.82) is 0 Å². The van der Waals surface area contributed by atoms with Gasteiger partial charge in [0.1, 0.15) is 0 Å². The molecule has 0 saturated carbocycles. The molecule has 13 heavy (non-hydrogen) atoms. The van der Waals surface area contributed by atoms with Crippen molar-refractivity contribution in [2.75, 3.05) is 32.1 Å². The van der Waals surface area contributed by atoms with Crippen molar-refractivity contribution in [2.24, 2.45) is 0 Å². The first-order valence-corrected chi connectivity index (χ1v) is 6.09. The summed E-state index contributed by atoms with van der Waals surface area (Å²) in [5, 5.41) is 3.46. The number of amides is 1. The lowest BCUT2D eigenvalue weighted by Crippen LogP contribution is -2.47. The van der Waals surface area contributed by atoms with E-state index in [1.165, 1.54) is 0 Å². The highest BCUT2D eigenvalue weighted by Gasteiger charge is 2.21. The Kier molecular flexibility index (Phi) is 4.59. The number of nitrogens with one attached hydrogen (secondary N) is 1. The van der Waals surface area contributed by atoms with Crippen LogP contribution in [0.3, 0.4) is 0 Å². The zero-order chi connectivity index (χ0) is 9.68. The second-order valence-electron chi connectivity index (χ2n) is 3.46. The molecule has 1 fully saturated rings. The zero-order valence-corrected chi connectivity index (χ0v) is 9.19. The van der Waals surface area contributed by atoms with Crippen molar-refractivity contribution in [3.63, 3.8) is 0 Å². The molecule has 1 atom stereocenters. The molecule has 0 aromatic carbocycles. The van der Waals surface area contributed by atoms with E-state index < -0.39 is 0 Å². The summed E-state index contributed by atoms with van der Waals surface area (Å²) >= 11 is 1.85. The highest BCUT2D eigenvalue weighted by Crippen LogP contribution is 2.09. The number of rotatable bonds is 4. The first-order chi connectivity index (χ1) is 6.24. The Balaban J connectivity index is 2.17. The average Bonchev–Trinajstić information content (AvgIpc) is 2.12. The van der Waals surface area contributed by atoms with Crippen LogP contribution in [0.4, 0.5) is 0 Å². The molecule has 1 saturated heterocycles. The number of carbonyl (C=O) groups excluding carboxylic acids is 1. The summed E-state index contributed by atoms with van der Waals surface area (Å²) in [7, 11) is 1.88. The molecule has 1 aliphatic rings. The Labute approximate surface area is 84.2 Å². The highest BCUT2D eigenvalue weighted by molar-refractivity contribution is 7.98. The van der Waals surface area contributed by atoms with Gasteiger partial charge < -0.3 is 10.2 Å². The van der Waals surface area contributed by atoms with Gasteiger partial charge in [0.15, 0.2) is 0 Å². The van der Waals surface area contributed by atoms with Crippen LogP contribution >= 0.6 is 11.8 Å². The van der Waals surface area contributed by atoms with Gasteiger partial charge in [0.25, 0.3) is 0 Å². The molecule has 0 spiro atoms. The molecule has 1 amide bonds. The number of thioether (sulfide) groups is 1. The summed E-state index contributed by atoms with van der Waals surface area (Å²) in [4.78, 5) is 13.0. The maximum absolute atomic E-state index is 11.2. The molecular weight excluding hydrogens is 184 g/mol. The molecule has 1 N–H and O–H groups in total. The molecule has 76 valence electrons. The first kappa shape index (κ1) is 10.9. The molecule has 3 nitrogen and oxygen atoms in total. The third kappa shape index (κ3) is 3.56. The number of carbonyl (C=O) groups is 1. The molecule has 0 aromatic rings. The van der Waals surface area contributed by atoms with Crippen molar-refractivity contribution >= 4 is 17.7 Å². The molecule has 1 heterocycles. The Morgan fingerprint density at radius 2 is 2.46 bits per heavy atom. The predicted molar refractivity (Wildman–Crippen MR) is 57.0 cm³/mol. The van der Waals surface area contributed by atoms with Crippen molar-refractivity contribution in [3.8, 4) is 0 Å². The number of hydrogen-bond acceptors (Lipinski definition) is 3. The van der Waals surface area contributed by atoms with E-state index in [9.17, 15) is 4.79 Å². The summed E-state index contributed by atoms with van der Waals surface area (Å²) in [5.41, 5.74) is 0. The minimum atomic E-state index is 0.280. The normalized spacial score (nSPS) is 23.7. The lowest BCUT2D eigenvalue weighted by Gasteiger charge is -2.30. The third-order valence-corrected chi connectivity index (χ3v) is 2.98. The van der Waals surface area contributed by atoms with Gasteiger partial charge in [-0.15, -0.1) is 0 Å². The van der Waals surface area contributed by atoms with Crippen LogP contribution in [0.15, 0.2) is 0 Å². The lowest BCUT2D eigenvalue weighted by atomic mass is 10.1. The van der Waals surface area contributed by atoms with Gasteiger partial charge in [0, 0.05) is 38.4 Å². The summed E-state index contributed by atoms with van der Waals surface area (Å²) in [6, 6.07) is 0.509. The van der Waals surface area contributed by atoms with E-state index in [1.54, 1.807) is 0 Å². The number of likely N-dealkylation sites (tertiary alicyclic amines) is 1. The number of nitrogens with zero attached hydrogens (tertiary/aromatic N) is 1. The number of hydrogen-bond donors (Lipinski definition) is 1. The molecule has 1 unspecified atom stereocenters. The van der Waals surface area contributed by atoms with Gasteiger partial charge in [0.2, 0.25) is 5.91 Å². The van der Waals surface area contributed by atoms with Gasteiger partial charge in [-0.05, 0) is 12.7 Å². The summed E-state index contributed by atoms with van der Waals surface area (Å²) < 4.78 is 0. The molecule has 0 radical (unpaired) electrons. The Hall–Kier alpha value is -0.220. The van der Waals surface area contributed by atoms with Crippen LogP contribution in [0.5, 0.6) is 0 Å². The molecule has 0 aliphatic carbocycles. The largest absolute Gasteiger partial charge is 0.344 e.